The second-order valence-corrected chi connectivity index (χ2v) is 8.00. The summed E-state index contributed by atoms with van der Waals surface area (Å²) in [6, 6.07) is 5.43. The molecule has 26 heavy (non-hydrogen) atoms. The Kier molecular flexibility index (Phi) is 5.86. The van der Waals surface area contributed by atoms with Crippen molar-refractivity contribution >= 4 is 35.2 Å². The number of thioether (sulfide) groups is 1. The van der Waals surface area contributed by atoms with Crippen molar-refractivity contribution in [2.75, 3.05) is 17.7 Å². The molecule has 1 aromatic carbocycles. The Morgan fingerprint density at radius 1 is 1.27 bits per heavy atom. The molecule has 2 heterocycles. The van der Waals surface area contributed by atoms with E-state index in [-0.39, 0.29) is 30.5 Å². The number of nitrogens with zero attached hydrogens (tertiary/aromatic N) is 1. The molecule has 0 unspecified atom stereocenters. The number of amides is 2. The first-order valence-corrected chi connectivity index (χ1v) is 9.99. The lowest BCUT2D eigenvalue weighted by atomic mass is 9.97. The fraction of sp³-hybridized carbons (Fsp3) is 0.526. The molecule has 1 aromatic rings. The van der Waals surface area contributed by atoms with Crippen LogP contribution in [0.1, 0.15) is 49.9 Å². The second kappa shape index (κ2) is 8.12. The number of nitrogens with one attached hydrogen (secondary N) is 1. The third-order valence-corrected chi connectivity index (χ3v) is 5.96. The summed E-state index contributed by atoms with van der Waals surface area (Å²) in [5.41, 5.74) is 0.954. The van der Waals surface area contributed by atoms with Crippen LogP contribution < -0.4 is 5.32 Å². The molecule has 140 valence electrons. The zero-order valence-electron chi connectivity index (χ0n) is 15.1. The van der Waals surface area contributed by atoms with Gasteiger partial charge >= 0.3 is 5.97 Å². The Hall–Kier alpha value is -2.02. The van der Waals surface area contributed by atoms with E-state index < -0.39 is 5.97 Å². The van der Waals surface area contributed by atoms with Crippen LogP contribution in [0.15, 0.2) is 23.1 Å². The highest BCUT2D eigenvalue weighted by Crippen LogP contribution is 2.31. The SMILES string of the molecule is C[C@H]1CCC[C@H](C)N1C(=O)COC(=O)c1ccc2c(c1)NC(=O)CCS2. The van der Waals surface area contributed by atoms with Gasteiger partial charge in [0.1, 0.15) is 0 Å². The van der Waals surface area contributed by atoms with E-state index >= 15 is 0 Å². The number of benzene rings is 1. The molecule has 3 rings (SSSR count). The summed E-state index contributed by atoms with van der Waals surface area (Å²) in [5, 5.41) is 2.80. The minimum atomic E-state index is -0.554. The van der Waals surface area contributed by atoms with Crippen molar-refractivity contribution in [1.82, 2.24) is 4.90 Å². The zero-order valence-corrected chi connectivity index (χ0v) is 15.9. The number of hydrogen-bond acceptors (Lipinski definition) is 5. The number of piperidine rings is 1. The van der Waals surface area contributed by atoms with E-state index in [4.69, 9.17) is 4.74 Å². The number of esters is 1. The molecule has 7 heteroatoms. The van der Waals surface area contributed by atoms with Gasteiger partial charge < -0.3 is 15.0 Å². The summed E-state index contributed by atoms with van der Waals surface area (Å²) in [4.78, 5) is 39.2. The van der Waals surface area contributed by atoms with E-state index in [0.29, 0.717) is 23.4 Å². The van der Waals surface area contributed by atoms with Gasteiger partial charge in [-0.1, -0.05) is 0 Å². The topological polar surface area (TPSA) is 75.7 Å². The Bertz CT molecular complexity index is 711. The lowest BCUT2D eigenvalue weighted by Crippen LogP contribution is -2.49. The number of carbonyl (C=O) groups is 3. The molecule has 0 aromatic heterocycles. The zero-order chi connectivity index (χ0) is 18.7. The van der Waals surface area contributed by atoms with Crippen LogP contribution in [0, 0.1) is 0 Å². The van der Waals surface area contributed by atoms with E-state index in [2.05, 4.69) is 5.32 Å². The normalized spacial score (nSPS) is 22.8. The van der Waals surface area contributed by atoms with Gasteiger partial charge in [0.15, 0.2) is 6.61 Å². The minimum Gasteiger partial charge on any atom is -0.452 e. The van der Waals surface area contributed by atoms with Gasteiger partial charge in [-0.2, -0.15) is 0 Å². The summed E-state index contributed by atoms with van der Waals surface area (Å²) in [7, 11) is 0. The number of anilines is 1. The Morgan fingerprint density at radius 2 is 2.00 bits per heavy atom. The molecule has 0 radical (unpaired) electrons. The van der Waals surface area contributed by atoms with Crippen LogP contribution in [0.3, 0.4) is 0 Å². The van der Waals surface area contributed by atoms with Gasteiger partial charge in [0.25, 0.3) is 5.91 Å². The average Bonchev–Trinajstić information content (AvgIpc) is 2.79. The molecule has 0 aliphatic carbocycles. The Labute approximate surface area is 157 Å². The largest absolute Gasteiger partial charge is 0.452 e. The molecule has 0 spiro atoms. The highest BCUT2D eigenvalue weighted by molar-refractivity contribution is 7.99. The van der Waals surface area contributed by atoms with E-state index in [9.17, 15) is 14.4 Å². The van der Waals surface area contributed by atoms with E-state index in [0.717, 1.165) is 24.2 Å². The van der Waals surface area contributed by atoms with E-state index in [1.165, 1.54) is 0 Å². The van der Waals surface area contributed by atoms with Crippen LogP contribution in [-0.2, 0) is 14.3 Å². The van der Waals surface area contributed by atoms with Gasteiger partial charge in [-0.15, -0.1) is 11.8 Å². The van der Waals surface area contributed by atoms with Crippen LogP contribution in [-0.4, -0.2) is 47.1 Å². The van der Waals surface area contributed by atoms with Crippen molar-refractivity contribution in [3.8, 4) is 0 Å². The van der Waals surface area contributed by atoms with Crippen LogP contribution in [0.2, 0.25) is 0 Å². The molecule has 2 atom stereocenters. The van der Waals surface area contributed by atoms with Crippen molar-refractivity contribution in [3.63, 3.8) is 0 Å². The molecule has 1 fully saturated rings. The number of carbonyl (C=O) groups excluding carboxylic acids is 3. The van der Waals surface area contributed by atoms with Gasteiger partial charge in [0.2, 0.25) is 5.91 Å². The highest BCUT2D eigenvalue weighted by atomic mass is 32.2. The molecule has 0 saturated carbocycles. The third-order valence-electron chi connectivity index (χ3n) is 4.88. The first-order valence-electron chi connectivity index (χ1n) is 9.00. The predicted octanol–water partition coefficient (Wildman–Crippen LogP) is 3.07. The molecular formula is C19H24N2O4S. The summed E-state index contributed by atoms with van der Waals surface area (Å²) in [6.07, 6.45) is 3.52. The van der Waals surface area contributed by atoms with Crippen LogP contribution >= 0.6 is 11.8 Å². The lowest BCUT2D eigenvalue weighted by molar-refractivity contribution is -0.140. The molecule has 1 saturated heterocycles. The molecule has 1 N–H and O–H groups in total. The maximum Gasteiger partial charge on any atom is 0.338 e. The van der Waals surface area contributed by atoms with Gasteiger partial charge in [0, 0.05) is 29.2 Å². The molecule has 2 aliphatic rings. The lowest BCUT2D eigenvalue weighted by Gasteiger charge is -2.38. The van der Waals surface area contributed by atoms with E-state index in [1.54, 1.807) is 30.0 Å². The summed E-state index contributed by atoms with van der Waals surface area (Å²) in [6.45, 7) is 3.80. The smallest absolute Gasteiger partial charge is 0.338 e. The summed E-state index contributed by atoms with van der Waals surface area (Å²) < 4.78 is 5.24. The van der Waals surface area contributed by atoms with Gasteiger partial charge in [-0.3, -0.25) is 9.59 Å². The molecule has 0 bridgehead atoms. The summed E-state index contributed by atoms with van der Waals surface area (Å²) in [5.74, 6) is -0.0628. The van der Waals surface area contributed by atoms with Crippen LogP contribution in [0.25, 0.3) is 0 Å². The first kappa shape index (κ1) is 18.8. The standard InChI is InChI=1S/C19H24N2O4S/c1-12-4-3-5-13(2)21(12)18(23)11-25-19(24)14-6-7-16-15(10-14)20-17(22)8-9-26-16/h6-7,10,12-13H,3-5,8-9,11H2,1-2H3,(H,20,22)/t12-,13-/m0/s1. The first-order chi connectivity index (χ1) is 12.5. The fourth-order valence-electron chi connectivity index (χ4n) is 3.54. The number of likely N-dealkylation sites (tertiary alicyclic amines) is 1. The fourth-order valence-corrected chi connectivity index (χ4v) is 4.48. The maximum atomic E-state index is 12.5. The van der Waals surface area contributed by atoms with Crippen molar-refractivity contribution in [2.45, 2.75) is 56.5 Å². The van der Waals surface area contributed by atoms with Crippen molar-refractivity contribution in [2.24, 2.45) is 0 Å². The molecule has 6 nitrogen and oxygen atoms in total. The van der Waals surface area contributed by atoms with E-state index in [1.807, 2.05) is 18.7 Å². The molecular weight excluding hydrogens is 352 g/mol. The number of fused-ring (bicyclic) bond motifs is 1. The minimum absolute atomic E-state index is 0.0648. The second-order valence-electron chi connectivity index (χ2n) is 6.86. The van der Waals surface area contributed by atoms with Crippen molar-refractivity contribution < 1.29 is 19.1 Å². The number of rotatable bonds is 3. The molecule has 2 aliphatic heterocycles. The Balaban J connectivity index is 1.63. The third kappa shape index (κ3) is 4.20. The van der Waals surface area contributed by atoms with Crippen LogP contribution in [0.5, 0.6) is 0 Å². The van der Waals surface area contributed by atoms with Gasteiger partial charge in [-0.05, 0) is 51.3 Å². The monoisotopic (exact) mass is 376 g/mol. The van der Waals surface area contributed by atoms with Crippen molar-refractivity contribution in [1.29, 1.82) is 0 Å². The average molecular weight is 376 g/mol. The highest BCUT2D eigenvalue weighted by Gasteiger charge is 2.29. The number of hydrogen-bond donors (Lipinski definition) is 1. The Morgan fingerprint density at radius 3 is 2.73 bits per heavy atom. The maximum absolute atomic E-state index is 12.5. The summed E-state index contributed by atoms with van der Waals surface area (Å²) >= 11 is 1.57. The molecule has 2 amide bonds. The van der Waals surface area contributed by atoms with Crippen LogP contribution in [0.4, 0.5) is 5.69 Å². The van der Waals surface area contributed by atoms with Crippen molar-refractivity contribution in [3.05, 3.63) is 23.8 Å². The predicted molar refractivity (Wildman–Crippen MR) is 100 cm³/mol. The quantitative estimate of drug-likeness (QED) is 0.821. The van der Waals surface area contributed by atoms with Gasteiger partial charge in [-0.25, -0.2) is 4.79 Å². The number of ether oxygens (including phenoxy) is 1. The van der Waals surface area contributed by atoms with Gasteiger partial charge in [0.05, 0.1) is 11.3 Å².